The number of hydrogen-bond donors (Lipinski definition) is 1. The number of piperazine rings is 1. The monoisotopic (exact) mass is 475 g/mol. The second-order valence-electron chi connectivity index (χ2n) is 7.30. The van der Waals surface area contributed by atoms with E-state index in [9.17, 15) is 17.6 Å². The molecule has 10 nitrogen and oxygen atoms in total. The summed E-state index contributed by atoms with van der Waals surface area (Å²) in [6, 6.07) is 4.53. The number of hydrogen-bond acceptors (Lipinski definition) is 7. The first-order valence-electron chi connectivity index (χ1n) is 9.65. The number of methoxy groups -OCH3 is 1. The van der Waals surface area contributed by atoms with Gasteiger partial charge in [0.1, 0.15) is 11.9 Å². The second kappa shape index (κ2) is 9.51. The first-order valence-corrected chi connectivity index (χ1v) is 11.5. The van der Waals surface area contributed by atoms with Crippen molar-refractivity contribution >= 4 is 45.1 Å². The third-order valence-corrected chi connectivity index (χ3v) is 7.40. The van der Waals surface area contributed by atoms with E-state index in [-0.39, 0.29) is 31.4 Å². The van der Waals surface area contributed by atoms with Gasteiger partial charge in [-0.2, -0.15) is 17.0 Å². The first-order chi connectivity index (χ1) is 14.6. The highest BCUT2D eigenvalue weighted by molar-refractivity contribution is 7.86. The minimum atomic E-state index is -3.49. The molecule has 2 aliphatic rings. The van der Waals surface area contributed by atoms with Crippen molar-refractivity contribution in [1.29, 1.82) is 0 Å². The van der Waals surface area contributed by atoms with Crippen molar-refractivity contribution in [2.24, 2.45) is 0 Å². The number of nitrogens with zero attached hydrogens (tertiary/aromatic N) is 4. The summed E-state index contributed by atoms with van der Waals surface area (Å²) in [6.45, 7) is 1.79. The Morgan fingerprint density at radius 2 is 2.00 bits per heavy atom. The average molecular weight is 476 g/mol. The van der Waals surface area contributed by atoms with Crippen molar-refractivity contribution in [1.82, 2.24) is 13.9 Å². The van der Waals surface area contributed by atoms with Crippen LogP contribution in [0.3, 0.4) is 0 Å². The second-order valence-corrected chi connectivity index (χ2v) is 9.81. The van der Waals surface area contributed by atoms with Gasteiger partial charge in [-0.15, -0.1) is 0 Å². The third kappa shape index (κ3) is 5.17. The molecule has 2 heterocycles. The van der Waals surface area contributed by atoms with Gasteiger partial charge in [-0.05, 0) is 30.4 Å². The Kier molecular flexibility index (Phi) is 7.19. The zero-order valence-electron chi connectivity index (χ0n) is 17.6. The van der Waals surface area contributed by atoms with Crippen LogP contribution >= 0.6 is 12.2 Å². The summed E-state index contributed by atoms with van der Waals surface area (Å²) in [5.41, 5.74) is 0.749. The zero-order chi connectivity index (χ0) is 22.8. The summed E-state index contributed by atoms with van der Waals surface area (Å²) in [7, 11) is 0.913. The Bertz CT molecular complexity index is 937. The standard InChI is InChI=1S/C18H26FN5O5S2/c1-21(2)31(26,27)23-8-6-22(7-9-23)16-5-4-13(10-15(16)19)24-12-14(29-18(24)25)11-20-17(30)28-3/h4-5,10,14H,6-9,11-12H2,1-3H3,(H,20,30). The van der Waals surface area contributed by atoms with Gasteiger partial charge in [0, 0.05) is 40.3 Å². The molecule has 2 fully saturated rings. The Labute approximate surface area is 186 Å². The minimum Gasteiger partial charge on any atom is -0.474 e. The van der Waals surface area contributed by atoms with Crippen LogP contribution in [0.5, 0.6) is 0 Å². The minimum absolute atomic E-state index is 0.198. The highest BCUT2D eigenvalue weighted by atomic mass is 32.2. The van der Waals surface area contributed by atoms with Gasteiger partial charge in [0.05, 0.1) is 31.6 Å². The lowest BCUT2D eigenvalue weighted by molar-refractivity contribution is 0.142. The van der Waals surface area contributed by atoms with Crippen LogP contribution in [-0.4, -0.2) is 94.9 Å². The molecule has 0 radical (unpaired) electrons. The maximum Gasteiger partial charge on any atom is 0.414 e. The summed E-state index contributed by atoms with van der Waals surface area (Å²) < 4.78 is 52.0. The Morgan fingerprint density at radius 3 is 2.58 bits per heavy atom. The molecule has 1 unspecified atom stereocenters. The molecular formula is C18H26FN5O5S2. The molecule has 0 aromatic heterocycles. The lowest BCUT2D eigenvalue weighted by atomic mass is 10.2. The van der Waals surface area contributed by atoms with E-state index in [0.717, 1.165) is 0 Å². The molecule has 3 rings (SSSR count). The molecule has 1 atom stereocenters. The van der Waals surface area contributed by atoms with Gasteiger partial charge in [-0.3, -0.25) is 4.90 Å². The number of cyclic esters (lactones) is 1. The van der Waals surface area contributed by atoms with Crippen molar-refractivity contribution in [2.45, 2.75) is 6.10 Å². The summed E-state index contributed by atoms with van der Waals surface area (Å²) in [4.78, 5) is 15.3. The van der Waals surface area contributed by atoms with Gasteiger partial charge in [0.2, 0.25) is 0 Å². The summed E-state index contributed by atoms with van der Waals surface area (Å²) in [5, 5.41) is 3.02. The van der Waals surface area contributed by atoms with Crippen LogP contribution in [-0.2, 0) is 19.7 Å². The van der Waals surface area contributed by atoms with Crippen molar-refractivity contribution in [2.75, 3.05) is 70.3 Å². The molecule has 0 spiro atoms. The first kappa shape index (κ1) is 23.4. The van der Waals surface area contributed by atoms with Crippen molar-refractivity contribution < 1.29 is 27.1 Å². The number of carbonyl (C=O) groups is 1. The quantitative estimate of drug-likeness (QED) is 0.598. The number of rotatable bonds is 6. The Balaban J connectivity index is 1.63. The lowest BCUT2D eigenvalue weighted by Crippen LogP contribution is -2.51. The summed E-state index contributed by atoms with van der Waals surface area (Å²) in [5.74, 6) is -0.489. The van der Waals surface area contributed by atoms with Crippen LogP contribution in [0.4, 0.5) is 20.6 Å². The van der Waals surface area contributed by atoms with Gasteiger partial charge in [0.25, 0.3) is 15.4 Å². The van der Waals surface area contributed by atoms with E-state index in [0.29, 0.717) is 24.5 Å². The predicted molar refractivity (Wildman–Crippen MR) is 118 cm³/mol. The van der Waals surface area contributed by atoms with Crippen LogP contribution in [0.2, 0.25) is 0 Å². The fourth-order valence-corrected chi connectivity index (χ4v) is 4.59. The van der Waals surface area contributed by atoms with Crippen LogP contribution < -0.4 is 15.1 Å². The van der Waals surface area contributed by atoms with Crippen LogP contribution in [0.1, 0.15) is 0 Å². The molecule has 0 bridgehead atoms. The smallest absolute Gasteiger partial charge is 0.414 e. The highest BCUT2D eigenvalue weighted by Crippen LogP contribution is 2.28. The fourth-order valence-electron chi connectivity index (χ4n) is 3.42. The maximum absolute atomic E-state index is 14.9. The van der Waals surface area contributed by atoms with E-state index in [4.69, 9.17) is 21.7 Å². The third-order valence-electron chi connectivity index (χ3n) is 5.14. The summed E-state index contributed by atoms with van der Waals surface area (Å²) in [6.07, 6.45) is -1.01. The molecule has 2 saturated heterocycles. The fraction of sp³-hybridized carbons (Fsp3) is 0.556. The maximum atomic E-state index is 14.9. The number of nitrogens with one attached hydrogen (secondary N) is 1. The molecule has 31 heavy (non-hydrogen) atoms. The average Bonchev–Trinajstić information content (AvgIpc) is 3.12. The molecule has 172 valence electrons. The number of thiocarbonyl (C=S) groups is 1. The molecule has 0 aliphatic carbocycles. The number of halogens is 1. The molecule has 1 amide bonds. The zero-order valence-corrected chi connectivity index (χ0v) is 19.2. The van der Waals surface area contributed by atoms with Gasteiger partial charge in [-0.25, -0.2) is 9.18 Å². The largest absolute Gasteiger partial charge is 0.474 e. The van der Waals surface area contributed by atoms with E-state index in [1.54, 1.807) is 17.0 Å². The Morgan fingerprint density at radius 1 is 1.32 bits per heavy atom. The van der Waals surface area contributed by atoms with Gasteiger partial charge in [0.15, 0.2) is 0 Å². The van der Waals surface area contributed by atoms with Crippen LogP contribution in [0, 0.1) is 5.82 Å². The normalized spacial score (nSPS) is 20.2. The van der Waals surface area contributed by atoms with Crippen molar-refractivity contribution in [3.63, 3.8) is 0 Å². The number of ether oxygens (including phenoxy) is 2. The SMILES string of the molecule is COC(=S)NCC1CN(c2ccc(N3CCN(S(=O)(=O)N(C)C)CC3)c(F)c2)C(=O)O1. The Hall–Kier alpha value is -2.22. The van der Waals surface area contributed by atoms with E-state index in [1.165, 1.54) is 40.8 Å². The summed E-state index contributed by atoms with van der Waals surface area (Å²) >= 11 is 4.90. The molecule has 1 aromatic rings. The van der Waals surface area contributed by atoms with Crippen LogP contribution in [0.15, 0.2) is 18.2 Å². The number of amides is 1. The predicted octanol–water partition coefficient (Wildman–Crippen LogP) is 0.600. The van der Waals surface area contributed by atoms with Gasteiger partial charge >= 0.3 is 6.09 Å². The molecule has 13 heteroatoms. The van der Waals surface area contributed by atoms with Gasteiger partial charge in [-0.1, -0.05) is 0 Å². The topological polar surface area (TPSA) is 94.7 Å². The van der Waals surface area contributed by atoms with Crippen molar-refractivity contribution in [3.8, 4) is 0 Å². The molecule has 2 aliphatic heterocycles. The van der Waals surface area contributed by atoms with E-state index in [1.807, 2.05) is 0 Å². The number of anilines is 2. The van der Waals surface area contributed by atoms with E-state index in [2.05, 4.69) is 5.32 Å². The van der Waals surface area contributed by atoms with E-state index >= 15 is 0 Å². The molecule has 0 saturated carbocycles. The van der Waals surface area contributed by atoms with Crippen LogP contribution in [0.25, 0.3) is 0 Å². The lowest BCUT2D eigenvalue weighted by Gasteiger charge is -2.36. The molecule has 1 aromatic carbocycles. The van der Waals surface area contributed by atoms with E-state index < -0.39 is 28.2 Å². The number of carbonyl (C=O) groups excluding carboxylic acids is 1. The molecule has 1 N–H and O–H groups in total. The van der Waals surface area contributed by atoms with Gasteiger partial charge < -0.3 is 19.7 Å². The highest BCUT2D eigenvalue weighted by Gasteiger charge is 2.33. The number of benzene rings is 1. The van der Waals surface area contributed by atoms with Crippen molar-refractivity contribution in [3.05, 3.63) is 24.0 Å². The molecular weight excluding hydrogens is 449 g/mol.